The second kappa shape index (κ2) is 9.18. The molecular weight excluding hydrogens is 252 g/mol. The maximum Gasteiger partial charge on any atom is 0.155 e. The van der Waals surface area contributed by atoms with Crippen molar-refractivity contribution in [3.05, 3.63) is 29.8 Å². The van der Waals surface area contributed by atoms with Gasteiger partial charge in [0.2, 0.25) is 0 Å². The smallest absolute Gasteiger partial charge is 0.155 e. The molecule has 0 atom stereocenters. The van der Waals surface area contributed by atoms with Crippen LogP contribution < -0.4 is 9.47 Å². The van der Waals surface area contributed by atoms with E-state index in [0.717, 1.165) is 29.9 Å². The number of carbonyl (C=O) groups excluding carboxylic acids is 1. The molecule has 0 aliphatic carbocycles. The van der Waals surface area contributed by atoms with E-state index in [-0.39, 0.29) is 5.78 Å². The largest absolute Gasteiger partial charge is 0.497 e. The minimum atomic E-state index is 0.169. The summed E-state index contributed by atoms with van der Waals surface area (Å²) >= 11 is 0. The Bertz CT molecular complexity index is 427. The summed E-state index contributed by atoms with van der Waals surface area (Å²) in [6.07, 6.45) is 8.56. The van der Waals surface area contributed by atoms with Crippen LogP contribution in [0.1, 0.15) is 44.6 Å². The van der Waals surface area contributed by atoms with Gasteiger partial charge in [-0.3, -0.25) is 4.79 Å². The van der Waals surface area contributed by atoms with E-state index in [1.807, 2.05) is 24.3 Å². The fourth-order valence-electron chi connectivity index (χ4n) is 1.92. The molecule has 0 aromatic heterocycles. The van der Waals surface area contributed by atoms with E-state index in [4.69, 9.17) is 9.47 Å². The zero-order valence-electron chi connectivity index (χ0n) is 12.6. The number of ketones is 1. The highest BCUT2D eigenvalue weighted by Crippen LogP contribution is 2.23. The van der Waals surface area contributed by atoms with Crippen molar-refractivity contribution in [2.24, 2.45) is 0 Å². The van der Waals surface area contributed by atoms with Gasteiger partial charge >= 0.3 is 0 Å². The number of hydrogen-bond donors (Lipinski definition) is 0. The number of allylic oxidation sites excluding steroid dienone is 1. The van der Waals surface area contributed by atoms with Gasteiger partial charge in [-0.2, -0.15) is 0 Å². The highest BCUT2D eigenvalue weighted by molar-refractivity contribution is 5.93. The second-order valence-corrected chi connectivity index (χ2v) is 4.76. The Morgan fingerprint density at radius 3 is 2.25 bits per heavy atom. The molecule has 0 radical (unpaired) electrons. The van der Waals surface area contributed by atoms with E-state index in [9.17, 15) is 4.79 Å². The Balaban J connectivity index is 2.58. The van der Waals surface area contributed by atoms with Gasteiger partial charge in [0.1, 0.15) is 11.5 Å². The standard InChI is InChI=1S/C17H24O3/c1-4-5-6-7-8-15(18)10-9-14-11-16(19-2)13-17(12-14)20-3/h9-13H,4-8H2,1-3H3/b10-9-. The van der Waals surface area contributed by atoms with Gasteiger partial charge in [0.05, 0.1) is 14.2 Å². The number of unbranched alkanes of at least 4 members (excludes halogenated alkanes) is 3. The average Bonchev–Trinajstić information content (AvgIpc) is 2.49. The van der Waals surface area contributed by atoms with Gasteiger partial charge in [0.25, 0.3) is 0 Å². The Kier molecular flexibility index (Phi) is 7.48. The summed E-state index contributed by atoms with van der Waals surface area (Å²) in [5, 5.41) is 0. The minimum Gasteiger partial charge on any atom is -0.497 e. The number of hydrogen-bond acceptors (Lipinski definition) is 3. The normalized spacial score (nSPS) is 10.8. The quantitative estimate of drug-likeness (QED) is 0.499. The third-order valence-corrected chi connectivity index (χ3v) is 3.11. The SMILES string of the molecule is CCCCCCC(=O)/C=C\c1cc(OC)cc(OC)c1. The number of ether oxygens (including phenoxy) is 2. The van der Waals surface area contributed by atoms with Gasteiger partial charge in [0, 0.05) is 12.5 Å². The molecular formula is C17H24O3. The summed E-state index contributed by atoms with van der Waals surface area (Å²) in [6.45, 7) is 2.16. The van der Waals surface area contributed by atoms with Gasteiger partial charge in [-0.25, -0.2) is 0 Å². The monoisotopic (exact) mass is 276 g/mol. The Morgan fingerprint density at radius 2 is 1.70 bits per heavy atom. The van der Waals surface area contributed by atoms with E-state index in [1.165, 1.54) is 12.8 Å². The zero-order chi connectivity index (χ0) is 14.8. The van der Waals surface area contributed by atoms with Crippen molar-refractivity contribution in [2.45, 2.75) is 39.0 Å². The lowest BCUT2D eigenvalue weighted by atomic mass is 10.1. The third kappa shape index (κ3) is 5.91. The van der Waals surface area contributed by atoms with Crippen molar-refractivity contribution >= 4 is 11.9 Å². The molecule has 0 amide bonds. The number of methoxy groups -OCH3 is 2. The molecule has 1 aromatic rings. The third-order valence-electron chi connectivity index (χ3n) is 3.11. The summed E-state index contributed by atoms with van der Waals surface area (Å²) in [7, 11) is 3.22. The molecule has 1 rings (SSSR count). The topological polar surface area (TPSA) is 35.5 Å². The first kappa shape index (κ1) is 16.3. The molecule has 3 heteroatoms. The van der Waals surface area contributed by atoms with Gasteiger partial charge in [-0.05, 0) is 30.2 Å². The van der Waals surface area contributed by atoms with Crippen molar-refractivity contribution in [1.29, 1.82) is 0 Å². The summed E-state index contributed by atoms with van der Waals surface area (Å²) in [4.78, 5) is 11.7. The lowest BCUT2D eigenvalue weighted by Gasteiger charge is -2.05. The van der Waals surface area contributed by atoms with Gasteiger partial charge in [-0.15, -0.1) is 0 Å². The van der Waals surface area contributed by atoms with Crippen LogP contribution in [-0.2, 0) is 4.79 Å². The second-order valence-electron chi connectivity index (χ2n) is 4.76. The average molecular weight is 276 g/mol. The van der Waals surface area contributed by atoms with E-state index in [0.29, 0.717) is 6.42 Å². The van der Waals surface area contributed by atoms with Crippen LogP contribution in [0, 0.1) is 0 Å². The van der Waals surface area contributed by atoms with Crippen LogP contribution in [0.4, 0.5) is 0 Å². The number of rotatable bonds is 9. The molecule has 0 heterocycles. The van der Waals surface area contributed by atoms with E-state index >= 15 is 0 Å². The Hall–Kier alpha value is -1.77. The molecule has 0 fully saturated rings. The molecule has 0 unspecified atom stereocenters. The first-order valence-corrected chi connectivity index (χ1v) is 7.13. The molecule has 0 N–H and O–H groups in total. The molecule has 0 aliphatic heterocycles. The molecule has 1 aromatic carbocycles. The predicted octanol–water partition coefficient (Wildman–Crippen LogP) is 4.26. The van der Waals surface area contributed by atoms with E-state index in [2.05, 4.69) is 6.92 Å². The van der Waals surface area contributed by atoms with Crippen LogP contribution in [0.2, 0.25) is 0 Å². The molecule has 0 saturated heterocycles. The van der Waals surface area contributed by atoms with Crippen molar-refractivity contribution in [3.8, 4) is 11.5 Å². The molecule has 0 spiro atoms. The fraction of sp³-hybridized carbons (Fsp3) is 0.471. The van der Waals surface area contributed by atoms with Crippen LogP contribution >= 0.6 is 0 Å². The van der Waals surface area contributed by atoms with Crippen LogP contribution in [0.25, 0.3) is 6.08 Å². The lowest BCUT2D eigenvalue weighted by Crippen LogP contribution is -1.92. The molecule has 0 aliphatic rings. The zero-order valence-corrected chi connectivity index (χ0v) is 12.6. The Morgan fingerprint density at radius 1 is 1.05 bits per heavy atom. The maximum atomic E-state index is 11.7. The first-order valence-electron chi connectivity index (χ1n) is 7.13. The first-order chi connectivity index (χ1) is 9.69. The predicted molar refractivity (Wildman–Crippen MR) is 82.3 cm³/mol. The van der Waals surface area contributed by atoms with Crippen LogP contribution in [0.5, 0.6) is 11.5 Å². The van der Waals surface area contributed by atoms with Crippen LogP contribution in [0.15, 0.2) is 24.3 Å². The molecule has 110 valence electrons. The van der Waals surface area contributed by atoms with E-state index < -0.39 is 0 Å². The highest BCUT2D eigenvalue weighted by Gasteiger charge is 2.01. The summed E-state index contributed by atoms with van der Waals surface area (Å²) in [5.74, 6) is 1.61. The summed E-state index contributed by atoms with van der Waals surface area (Å²) < 4.78 is 10.4. The van der Waals surface area contributed by atoms with Gasteiger partial charge in [-0.1, -0.05) is 32.3 Å². The van der Waals surface area contributed by atoms with Crippen molar-refractivity contribution in [2.75, 3.05) is 14.2 Å². The summed E-state index contributed by atoms with van der Waals surface area (Å²) in [5.41, 5.74) is 0.906. The van der Waals surface area contributed by atoms with Crippen LogP contribution in [0.3, 0.4) is 0 Å². The summed E-state index contributed by atoms with van der Waals surface area (Å²) in [6, 6.07) is 5.57. The van der Waals surface area contributed by atoms with Crippen LogP contribution in [-0.4, -0.2) is 20.0 Å². The lowest BCUT2D eigenvalue weighted by molar-refractivity contribution is -0.114. The maximum absolute atomic E-state index is 11.7. The van der Waals surface area contributed by atoms with E-state index in [1.54, 1.807) is 20.3 Å². The van der Waals surface area contributed by atoms with Gasteiger partial charge in [0.15, 0.2) is 5.78 Å². The van der Waals surface area contributed by atoms with Gasteiger partial charge < -0.3 is 9.47 Å². The van der Waals surface area contributed by atoms with Crippen molar-refractivity contribution in [1.82, 2.24) is 0 Å². The molecule has 0 saturated carbocycles. The fourth-order valence-corrected chi connectivity index (χ4v) is 1.92. The number of carbonyl (C=O) groups is 1. The van der Waals surface area contributed by atoms with Crippen molar-refractivity contribution in [3.63, 3.8) is 0 Å². The minimum absolute atomic E-state index is 0.169. The highest BCUT2D eigenvalue weighted by atomic mass is 16.5. The Labute approximate surface area is 121 Å². The molecule has 3 nitrogen and oxygen atoms in total. The number of benzene rings is 1. The molecule has 0 bridgehead atoms. The molecule has 20 heavy (non-hydrogen) atoms. The van der Waals surface area contributed by atoms with Crippen molar-refractivity contribution < 1.29 is 14.3 Å².